The van der Waals surface area contributed by atoms with Crippen molar-refractivity contribution in [3.63, 3.8) is 0 Å². The van der Waals surface area contributed by atoms with E-state index in [0.29, 0.717) is 30.0 Å². The molecule has 4 unspecified atom stereocenters. The zero-order chi connectivity index (χ0) is 31.8. The molecule has 8 atom stereocenters. The highest BCUT2D eigenvalue weighted by atomic mass is 31.2. The van der Waals surface area contributed by atoms with E-state index in [1.54, 1.807) is 13.8 Å². The third-order valence-electron chi connectivity index (χ3n) is 7.79. The van der Waals surface area contributed by atoms with E-state index >= 15 is 0 Å². The molecular weight excluding hydrogens is 584 g/mol. The van der Waals surface area contributed by atoms with Gasteiger partial charge in [-0.25, -0.2) is 9.13 Å². The van der Waals surface area contributed by atoms with E-state index in [4.69, 9.17) is 22.8 Å². The number of nitrogens with one attached hydrogen (secondary N) is 2. The molecule has 0 amide bonds. The van der Waals surface area contributed by atoms with Crippen molar-refractivity contribution in [1.82, 2.24) is 15.5 Å². The first-order chi connectivity index (χ1) is 19.4. The lowest BCUT2D eigenvalue weighted by Gasteiger charge is -2.29. The largest absolute Gasteiger partial charge is 0.474 e. The molecular formula is C28H59N3O9P2. The van der Waals surface area contributed by atoms with Crippen molar-refractivity contribution >= 4 is 15.6 Å². The summed E-state index contributed by atoms with van der Waals surface area (Å²) in [6.45, 7) is 20.6. The van der Waals surface area contributed by atoms with Crippen LogP contribution in [-0.2, 0) is 32.0 Å². The molecule has 250 valence electrons. The Kier molecular flexibility index (Phi) is 15.6. The van der Waals surface area contributed by atoms with E-state index in [9.17, 15) is 18.9 Å². The van der Waals surface area contributed by atoms with Gasteiger partial charge in [-0.3, -0.25) is 23.0 Å². The zero-order valence-corrected chi connectivity index (χ0v) is 29.2. The minimum atomic E-state index is -4.59. The van der Waals surface area contributed by atoms with Crippen LogP contribution in [0.15, 0.2) is 0 Å². The molecule has 12 nitrogen and oxygen atoms in total. The number of phosphoric ester groups is 2. The van der Waals surface area contributed by atoms with Crippen LogP contribution in [-0.4, -0.2) is 89.7 Å². The highest BCUT2D eigenvalue weighted by Crippen LogP contribution is 2.49. The van der Waals surface area contributed by atoms with Gasteiger partial charge in [-0.15, -0.1) is 0 Å². The van der Waals surface area contributed by atoms with E-state index in [1.165, 1.54) is 0 Å². The van der Waals surface area contributed by atoms with Crippen molar-refractivity contribution in [3.05, 3.63) is 0 Å². The summed E-state index contributed by atoms with van der Waals surface area (Å²) in [4.78, 5) is 23.2. The van der Waals surface area contributed by atoms with Gasteiger partial charge in [0.2, 0.25) is 0 Å². The first-order valence-corrected chi connectivity index (χ1v) is 18.6. The van der Waals surface area contributed by atoms with E-state index in [0.717, 1.165) is 25.8 Å². The molecule has 1 saturated carbocycles. The second-order valence-electron chi connectivity index (χ2n) is 13.4. The van der Waals surface area contributed by atoms with Crippen LogP contribution in [0.2, 0.25) is 0 Å². The first kappa shape index (κ1) is 38.2. The number of likely N-dealkylation sites (tertiary alicyclic amines) is 1. The zero-order valence-electron chi connectivity index (χ0n) is 27.4. The van der Waals surface area contributed by atoms with Gasteiger partial charge in [0, 0.05) is 42.8 Å². The predicted octanol–water partition coefficient (Wildman–Crippen LogP) is 4.90. The molecule has 42 heavy (non-hydrogen) atoms. The number of hydrogen-bond donors (Lipinski definition) is 4. The minimum absolute atomic E-state index is 0.00976. The Morgan fingerprint density at radius 3 is 1.93 bits per heavy atom. The van der Waals surface area contributed by atoms with Crippen LogP contribution < -0.4 is 10.6 Å². The summed E-state index contributed by atoms with van der Waals surface area (Å²) >= 11 is 0. The predicted molar refractivity (Wildman–Crippen MR) is 164 cm³/mol. The van der Waals surface area contributed by atoms with Crippen LogP contribution in [0.4, 0.5) is 0 Å². The van der Waals surface area contributed by atoms with Gasteiger partial charge in [-0.05, 0) is 64.7 Å². The van der Waals surface area contributed by atoms with Gasteiger partial charge in [-0.1, -0.05) is 41.5 Å². The lowest BCUT2D eigenvalue weighted by atomic mass is 9.87. The highest BCUT2D eigenvalue weighted by molar-refractivity contribution is 7.47. The van der Waals surface area contributed by atoms with Crippen molar-refractivity contribution in [2.24, 2.45) is 17.8 Å². The van der Waals surface area contributed by atoms with Crippen LogP contribution in [0.3, 0.4) is 0 Å². The Morgan fingerprint density at radius 2 is 1.38 bits per heavy atom. The Morgan fingerprint density at radius 1 is 0.786 bits per heavy atom. The van der Waals surface area contributed by atoms with Crippen LogP contribution in [0.5, 0.6) is 0 Å². The Hall–Kier alpha value is 0.0600. The van der Waals surface area contributed by atoms with Crippen LogP contribution in [0, 0.1) is 17.8 Å². The van der Waals surface area contributed by atoms with Crippen molar-refractivity contribution in [2.45, 2.75) is 137 Å². The van der Waals surface area contributed by atoms with Crippen molar-refractivity contribution < 1.29 is 41.7 Å². The topological polar surface area (TPSA) is 148 Å². The fourth-order valence-corrected chi connectivity index (χ4v) is 7.84. The molecule has 14 heteroatoms. The molecule has 1 aliphatic heterocycles. The van der Waals surface area contributed by atoms with Crippen LogP contribution >= 0.6 is 15.6 Å². The fraction of sp³-hybridized carbons (Fsp3) is 1.00. The number of phosphoric acid groups is 2. The normalized spacial score (nSPS) is 29.3. The second-order valence-corrected chi connectivity index (χ2v) is 16.3. The molecule has 1 heterocycles. The molecule has 0 bridgehead atoms. The third kappa shape index (κ3) is 13.6. The van der Waals surface area contributed by atoms with Gasteiger partial charge < -0.3 is 25.2 Å². The Balaban J connectivity index is 1.93. The molecule has 1 aliphatic carbocycles. The smallest absolute Gasteiger partial charge is 0.347 e. The van der Waals surface area contributed by atoms with Gasteiger partial charge in [0.1, 0.15) is 6.61 Å². The maximum atomic E-state index is 12.9. The highest BCUT2D eigenvalue weighted by Gasteiger charge is 2.39. The van der Waals surface area contributed by atoms with E-state index in [-0.39, 0.29) is 37.3 Å². The number of nitrogens with zero attached hydrogens (tertiary/aromatic N) is 1. The summed E-state index contributed by atoms with van der Waals surface area (Å²) in [5.74, 6) is 0.857. The van der Waals surface area contributed by atoms with Crippen molar-refractivity contribution in [2.75, 3.05) is 26.4 Å². The monoisotopic (exact) mass is 643 g/mol. The second kappa shape index (κ2) is 17.1. The molecule has 0 radical (unpaired) electrons. The molecule has 0 aromatic carbocycles. The first-order valence-electron chi connectivity index (χ1n) is 15.6. The summed E-state index contributed by atoms with van der Waals surface area (Å²) < 4.78 is 52.5. The van der Waals surface area contributed by atoms with Gasteiger partial charge in [-0.2, -0.15) is 0 Å². The van der Waals surface area contributed by atoms with Crippen molar-refractivity contribution in [1.29, 1.82) is 0 Å². The third-order valence-corrected chi connectivity index (χ3v) is 9.72. The van der Waals surface area contributed by atoms with Gasteiger partial charge >= 0.3 is 15.6 Å². The molecule has 1 saturated heterocycles. The Bertz CT molecular complexity index is 893. The quantitative estimate of drug-likeness (QED) is 0.112. The summed E-state index contributed by atoms with van der Waals surface area (Å²) in [5, 5.41) is 7.08. The minimum Gasteiger partial charge on any atom is -0.347 e. The molecule has 2 aliphatic rings. The molecule has 0 spiro atoms. The summed E-state index contributed by atoms with van der Waals surface area (Å²) in [5.41, 5.74) is 0. The van der Waals surface area contributed by atoms with Crippen LogP contribution in [0.1, 0.15) is 88.5 Å². The van der Waals surface area contributed by atoms with Gasteiger partial charge in [0.05, 0.1) is 19.3 Å². The standard InChI is InChI=1S/C28H59N3O9P2/c1-18(2)27-13-24(29-19(3)4)11-23(27)15-36-41(32,33)38-17-28(39-22(9)10)40-42(34,35)37-16-26-12-25(30-20(5)6)14-31(26)21(7)8/h18-30H,11-17H2,1-10H3,(H,32,33)(H,34,35)/t23-,24+,25-,26+,27?,28?/m1/s1. The average Bonchev–Trinajstić information content (AvgIpc) is 3.43. The Labute approximate surface area is 254 Å². The SMILES string of the molecule is CC(C)N[C@@H]1CC(C(C)C)[C@@H](COP(=O)(O)OCC(OC(C)C)OP(=O)(O)OC[C@@H]2C[C@@H](NC(C)C)CN2C(C)C)C1. The van der Waals surface area contributed by atoms with Crippen LogP contribution in [0.25, 0.3) is 0 Å². The number of ether oxygens (including phenoxy) is 1. The maximum absolute atomic E-state index is 12.9. The average molecular weight is 644 g/mol. The van der Waals surface area contributed by atoms with Gasteiger partial charge in [0.25, 0.3) is 0 Å². The van der Waals surface area contributed by atoms with Crippen molar-refractivity contribution in [3.8, 4) is 0 Å². The van der Waals surface area contributed by atoms with E-state index in [1.807, 2.05) is 0 Å². The fourth-order valence-electron chi connectivity index (χ4n) is 6.24. The summed E-state index contributed by atoms with van der Waals surface area (Å²) in [6, 6.07) is 1.42. The maximum Gasteiger partial charge on any atom is 0.474 e. The molecule has 4 N–H and O–H groups in total. The van der Waals surface area contributed by atoms with Gasteiger partial charge in [0.15, 0.2) is 6.29 Å². The van der Waals surface area contributed by atoms with E-state index < -0.39 is 34.6 Å². The molecule has 2 rings (SSSR count). The summed E-state index contributed by atoms with van der Waals surface area (Å²) in [7, 11) is -9.07. The number of hydrogen-bond acceptors (Lipinski definition) is 10. The lowest BCUT2D eigenvalue weighted by Crippen LogP contribution is -2.40. The number of rotatable bonds is 19. The lowest BCUT2D eigenvalue weighted by molar-refractivity contribution is -0.140. The molecule has 2 fully saturated rings. The summed E-state index contributed by atoms with van der Waals surface area (Å²) in [6.07, 6.45) is 0.762. The molecule has 0 aromatic heterocycles. The molecule has 0 aromatic rings. The van der Waals surface area contributed by atoms with E-state index in [2.05, 4.69) is 70.9 Å².